The fraction of sp³-hybridized carbons (Fsp3) is 0.235. The van der Waals surface area contributed by atoms with Gasteiger partial charge < -0.3 is 10.1 Å². The summed E-state index contributed by atoms with van der Waals surface area (Å²) in [5.74, 6) is -0.291. The monoisotopic (exact) mass is 365 g/mol. The van der Waals surface area contributed by atoms with Gasteiger partial charge in [-0.25, -0.2) is 4.39 Å². The summed E-state index contributed by atoms with van der Waals surface area (Å²) in [6.07, 6.45) is 0.388. The zero-order chi connectivity index (χ0) is 16.1. The quantitative estimate of drug-likeness (QED) is 0.824. The Morgan fingerprint density at radius 1 is 1.32 bits per heavy atom. The van der Waals surface area contributed by atoms with Gasteiger partial charge in [-0.2, -0.15) is 0 Å². The molecule has 0 saturated carbocycles. The number of aryl methyl sites for hydroxylation is 1. The summed E-state index contributed by atoms with van der Waals surface area (Å²) < 4.78 is 20.2. The number of nitrogens with one attached hydrogen (secondary N) is 1. The van der Waals surface area contributed by atoms with E-state index in [2.05, 4.69) is 21.2 Å². The molecule has 0 atom stereocenters. The van der Waals surface area contributed by atoms with Crippen LogP contribution in [0.15, 0.2) is 40.9 Å². The third-order valence-corrected chi connectivity index (χ3v) is 3.92. The van der Waals surface area contributed by atoms with Crippen LogP contribution in [0.4, 0.5) is 10.1 Å². The highest BCUT2D eigenvalue weighted by atomic mass is 79.9. The molecule has 116 valence electrons. The molecule has 0 aliphatic carbocycles. The molecule has 2 rings (SSSR count). The first kappa shape index (κ1) is 16.5. The van der Waals surface area contributed by atoms with Crippen molar-refractivity contribution in [2.24, 2.45) is 0 Å². The Balaban J connectivity index is 2.19. The van der Waals surface area contributed by atoms with Crippen molar-refractivity contribution >= 4 is 27.5 Å². The Labute approximate surface area is 137 Å². The maximum Gasteiger partial charge on any atom is 0.224 e. The smallest absolute Gasteiger partial charge is 0.224 e. The van der Waals surface area contributed by atoms with E-state index < -0.39 is 5.82 Å². The van der Waals surface area contributed by atoms with Crippen LogP contribution in [0.5, 0.6) is 5.75 Å². The maximum atomic E-state index is 13.8. The first-order valence-electron chi connectivity index (χ1n) is 6.97. The molecule has 0 spiro atoms. The predicted molar refractivity (Wildman–Crippen MR) is 88.5 cm³/mol. The van der Waals surface area contributed by atoms with Gasteiger partial charge in [-0.05, 0) is 36.8 Å². The number of anilines is 1. The van der Waals surface area contributed by atoms with Gasteiger partial charge in [-0.15, -0.1) is 0 Å². The fourth-order valence-electron chi connectivity index (χ4n) is 1.93. The SMILES string of the molecule is CCC(=O)Nc1cccc(Br)c1COc1ccc(C)cc1F. The number of ether oxygens (including phenoxy) is 1. The third-order valence-electron chi connectivity index (χ3n) is 3.17. The Morgan fingerprint density at radius 3 is 2.77 bits per heavy atom. The molecule has 0 aliphatic rings. The van der Waals surface area contributed by atoms with Crippen molar-refractivity contribution in [3.05, 3.63) is 57.8 Å². The van der Waals surface area contributed by atoms with Gasteiger partial charge in [-0.3, -0.25) is 4.79 Å². The van der Waals surface area contributed by atoms with Crippen molar-refractivity contribution in [3.8, 4) is 5.75 Å². The Bertz CT molecular complexity index is 688. The van der Waals surface area contributed by atoms with E-state index in [1.807, 2.05) is 19.1 Å². The minimum atomic E-state index is -0.397. The molecule has 0 bridgehead atoms. The predicted octanol–water partition coefficient (Wildman–Crippen LogP) is 4.82. The largest absolute Gasteiger partial charge is 0.486 e. The first-order valence-corrected chi connectivity index (χ1v) is 7.76. The number of carbonyl (C=O) groups is 1. The topological polar surface area (TPSA) is 38.3 Å². The Morgan fingerprint density at radius 2 is 2.09 bits per heavy atom. The molecule has 5 heteroatoms. The molecule has 0 aromatic heterocycles. The van der Waals surface area contributed by atoms with Gasteiger partial charge in [0.15, 0.2) is 11.6 Å². The number of hydrogen-bond acceptors (Lipinski definition) is 2. The first-order chi connectivity index (χ1) is 10.5. The summed E-state index contributed by atoms with van der Waals surface area (Å²) in [6.45, 7) is 3.75. The summed E-state index contributed by atoms with van der Waals surface area (Å²) in [5.41, 5.74) is 2.26. The lowest BCUT2D eigenvalue weighted by molar-refractivity contribution is -0.115. The van der Waals surface area contributed by atoms with Crippen molar-refractivity contribution in [2.75, 3.05) is 5.32 Å². The summed E-state index contributed by atoms with van der Waals surface area (Å²) in [7, 11) is 0. The number of rotatable bonds is 5. The van der Waals surface area contributed by atoms with E-state index in [0.717, 1.165) is 15.6 Å². The van der Waals surface area contributed by atoms with Crippen molar-refractivity contribution < 1.29 is 13.9 Å². The standard InChI is InChI=1S/C17H17BrFNO2/c1-3-17(21)20-15-6-4-5-13(18)12(15)10-22-16-8-7-11(2)9-14(16)19/h4-9H,3,10H2,1-2H3,(H,20,21). The van der Waals surface area contributed by atoms with Gasteiger partial charge in [0.25, 0.3) is 0 Å². The van der Waals surface area contributed by atoms with Crippen LogP contribution < -0.4 is 10.1 Å². The molecule has 0 fully saturated rings. The highest BCUT2D eigenvalue weighted by Crippen LogP contribution is 2.27. The molecule has 1 amide bonds. The maximum absolute atomic E-state index is 13.8. The van der Waals surface area contributed by atoms with Gasteiger partial charge in [0.2, 0.25) is 5.91 Å². The van der Waals surface area contributed by atoms with E-state index in [-0.39, 0.29) is 18.3 Å². The Hall–Kier alpha value is -1.88. The van der Waals surface area contributed by atoms with Crippen molar-refractivity contribution in [2.45, 2.75) is 26.9 Å². The number of halogens is 2. The zero-order valence-electron chi connectivity index (χ0n) is 12.5. The van der Waals surface area contributed by atoms with Crippen molar-refractivity contribution in [3.63, 3.8) is 0 Å². The second-order valence-electron chi connectivity index (χ2n) is 4.89. The highest BCUT2D eigenvalue weighted by Gasteiger charge is 2.11. The van der Waals surface area contributed by atoms with Crippen molar-refractivity contribution in [1.82, 2.24) is 0 Å². The number of hydrogen-bond donors (Lipinski definition) is 1. The molecule has 1 N–H and O–H groups in total. The highest BCUT2D eigenvalue weighted by molar-refractivity contribution is 9.10. The second kappa shape index (κ2) is 7.40. The van der Waals surface area contributed by atoms with Crippen LogP contribution in [0.3, 0.4) is 0 Å². The van der Waals surface area contributed by atoms with Crippen molar-refractivity contribution in [1.29, 1.82) is 0 Å². The van der Waals surface area contributed by atoms with Gasteiger partial charge in [0.1, 0.15) is 6.61 Å². The van der Waals surface area contributed by atoms with Crippen LogP contribution in [0.1, 0.15) is 24.5 Å². The van der Waals surface area contributed by atoms with Crippen LogP contribution in [-0.2, 0) is 11.4 Å². The molecular formula is C17H17BrFNO2. The van der Waals surface area contributed by atoms with E-state index in [4.69, 9.17) is 4.74 Å². The van der Waals surface area contributed by atoms with Crippen LogP contribution in [-0.4, -0.2) is 5.91 Å². The van der Waals surface area contributed by atoms with Gasteiger partial charge >= 0.3 is 0 Å². The minimum Gasteiger partial charge on any atom is -0.486 e. The summed E-state index contributed by atoms with van der Waals surface area (Å²) in [6, 6.07) is 10.3. The lowest BCUT2D eigenvalue weighted by Gasteiger charge is -2.14. The van der Waals surface area contributed by atoms with E-state index in [0.29, 0.717) is 12.1 Å². The molecule has 0 radical (unpaired) electrons. The van der Waals surface area contributed by atoms with Gasteiger partial charge in [0, 0.05) is 22.1 Å². The lowest BCUT2D eigenvalue weighted by Crippen LogP contribution is -2.12. The van der Waals surface area contributed by atoms with Crippen LogP contribution in [0, 0.1) is 12.7 Å². The molecule has 0 unspecified atom stereocenters. The molecule has 0 heterocycles. The normalized spacial score (nSPS) is 10.4. The molecule has 0 aliphatic heterocycles. The second-order valence-corrected chi connectivity index (χ2v) is 5.74. The lowest BCUT2D eigenvalue weighted by atomic mass is 10.2. The van der Waals surface area contributed by atoms with Crippen LogP contribution in [0.2, 0.25) is 0 Å². The number of benzene rings is 2. The average Bonchev–Trinajstić information content (AvgIpc) is 2.48. The van der Waals surface area contributed by atoms with E-state index in [1.165, 1.54) is 6.07 Å². The number of carbonyl (C=O) groups excluding carboxylic acids is 1. The molecule has 2 aromatic carbocycles. The minimum absolute atomic E-state index is 0.0825. The summed E-state index contributed by atoms with van der Waals surface area (Å²) >= 11 is 3.44. The van der Waals surface area contributed by atoms with E-state index >= 15 is 0 Å². The van der Waals surface area contributed by atoms with E-state index in [1.54, 1.807) is 25.1 Å². The molecule has 2 aromatic rings. The Kier molecular flexibility index (Phi) is 5.55. The molecular weight excluding hydrogens is 349 g/mol. The van der Waals surface area contributed by atoms with Gasteiger partial charge in [0.05, 0.1) is 0 Å². The third kappa shape index (κ3) is 4.07. The van der Waals surface area contributed by atoms with E-state index in [9.17, 15) is 9.18 Å². The summed E-state index contributed by atoms with van der Waals surface area (Å²) in [5, 5.41) is 2.82. The summed E-state index contributed by atoms with van der Waals surface area (Å²) in [4.78, 5) is 11.6. The number of amides is 1. The average molecular weight is 366 g/mol. The van der Waals surface area contributed by atoms with Crippen LogP contribution in [0.25, 0.3) is 0 Å². The van der Waals surface area contributed by atoms with Crippen LogP contribution >= 0.6 is 15.9 Å². The molecule has 3 nitrogen and oxygen atoms in total. The fourth-order valence-corrected chi connectivity index (χ4v) is 2.41. The zero-order valence-corrected chi connectivity index (χ0v) is 14.0. The molecule has 0 saturated heterocycles. The van der Waals surface area contributed by atoms with Gasteiger partial charge in [-0.1, -0.05) is 35.0 Å². The molecule has 22 heavy (non-hydrogen) atoms.